The van der Waals surface area contributed by atoms with Crippen LogP contribution < -0.4 is 0 Å². The fourth-order valence-electron chi connectivity index (χ4n) is 2.83. The van der Waals surface area contributed by atoms with Crippen molar-refractivity contribution in [2.24, 2.45) is 0 Å². The molecule has 2 aliphatic rings. The Bertz CT molecular complexity index is 243. The molecule has 1 atom stereocenters. The lowest BCUT2D eigenvalue weighted by molar-refractivity contribution is -0.163. The molecule has 1 aliphatic heterocycles. The SMILES string of the molecule is COCCN(CCO)CC1COC2(CCCC2)O1. The van der Waals surface area contributed by atoms with Crippen molar-refractivity contribution in [3.63, 3.8) is 0 Å². The van der Waals surface area contributed by atoms with E-state index < -0.39 is 0 Å². The first kappa shape index (κ1) is 14.2. The molecule has 0 amide bonds. The van der Waals surface area contributed by atoms with E-state index in [0.717, 1.165) is 25.9 Å². The van der Waals surface area contributed by atoms with Gasteiger partial charge in [-0.1, -0.05) is 0 Å². The Labute approximate surface area is 109 Å². The zero-order chi connectivity index (χ0) is 12.8. The van der Waals surface area contributed by atoms with Crippen LogP contribution in [0.5, 0.6) is 0 Å². The first-order valence-electron chi connectivity index (χ1n) is 6.92. The Morgan fingerprint density at radius 2 is 2.11 bits per heavy atom. The van der Waals surface area contributed by atoms with Crippen molar-refractivity contribution in [1.29, 1.82) is 0 Å². The molecule has 0 bridgehead atoms. The number of ether oxygens (including phenoxy) is 3. The maximum Gasteiger partial charge on any atom is 0.168 e. The fourth-order valence-corrected chi connectivity index (χ4v) is 2.83. The van der Waals surface area contributed by atoms with Gasteiger partial charge in [0.1, 0.15) is 0 Å². The predicted molar refractivity (Wildman–Crippen MR) is 67.4 cm³/mol. The van der Waals surface area contributed by atoms with E-state index in [9.17, 15) is 0 Å². The smallest absolute Gasteiger partial charge is 0.168 e. The number of rotatable bonds is 7. The molecule has 1 saturated heterocycles. The quantitative estimate of drug-likeness (QED) is 0.726. The lowest BCUT2D eigenvalue weighted by Crippen LogP contribution is -2.38. The summed E-state index contributed by atoms with van der Waals surface area (Å²) >= 11 is 0. The molecule has 1 N–H and O–H groups in total. The molecule has 1 unspecified atom stereocenters. The van der Waals surface area contributed by atoms with Crippen LogP contribution in [-0.2, 0) is 14.2 Å². The summed E-state index contributed by atoms with van der Waals surface area (Å²) in [7, 11) is 1.69. The second-order valence-electron chi connectivity index (χ2n) is 5.19. The molecule has 1 heterocycles. The minimum absolute atomic E-state index is 0.131. The summed E-state index contributed by atoms with van der Waals surface area (Å²) in [6, 6.07) is 0. The third-order valence-corrected chi connectivity index (χ3v) is 3.77. The molecule has 5 nitrogen and oxygen atoms in total. The van der Waals surface area contributed by atoms with Gasteiger partial charge in [0.2, 0.25) is 0 Å². The molecular formula is C13H25NO4. The molecular weight excluding hydrogens is 234 g/mol. The minimum atomic E-state index is -0.281. The molecule has 0 aromatic heterocycles. The Kier molecular flexibility index (Phi) is 5.38. The lowest BCUT2D eigenvalue weighted by Gasteiger charge is -2.26. The van der Waals surface area contributed by atoms with E-state index >= 15 is 0 Å². The summed E-state index contributed by atoms with van der Waals surface area (Å²) in [4.78, 5) is 2.17. The second-order valence-corrected chi connectivity index (χ2v) is 5.19. The van der Waals surface area contributed by atoms with Crippen LogP contribution >= 0.6 is 0 Å². The highest BCUT2D eigenvalue weighted by atomic mass is 16.7. The summed E-state index contributed by atoms with van der Waals surface area (Å²) in [6.45, 7) is 3.82. The van der Waals surface area contributed by atoms with E-state index in [2.05, 4.69) is 4.90 Å². The predicted octanol–water partition coefficient (Wildman–Crippen LogP) is 0.613. The van der Waals surface area contributed by atoms with Crippen LogP contribution in [0, 0.1) is 0 Å². The molecule has 1 spiro atoms. The van der Waals surface area contributed by atoms with Gasteiger partial charge in [0, 0.05) is 39.6 Å². The second kappa shape index (κ2) is 6.82. The maximum absolute atomic E-state index is 9.06. The van der Waals surface area contributed by atoms with E-state index in [4.69, 9.17) is 19.3 Å². The van der Waals surface area contributed by atoms with Crippen LogP contribution in [-0.4, -0.2) is 68.5 Å². The number of aliphatic hydroxyl groups excluding tert-OH is 1. The Morgan fingerprint density at radius 3 is 2.78 bits per heavy atom. The first-order valence-corrected chi connectivity index (χ1v) is 6.92. The number of hydrogen-bond donors (Lipinski definition) is 1. The molecule has 0 aromatic rings. The largest absolute Gasteiger partial charge is 0.395 e. The highest BCUT2D eigenvalue weighted by Gasteiger charge is 2.43. The van der Waals surface area contributed by atoms with E-state index in [1.165, 1.54) is 12.8 Å². The van der Waals surface area contributed by atoms with Crippen molar-refractivity contribution in [2.75, 3.05) is 46.6 Å². The van der Waals surface area contributed by atoms with Crippen LogP contribution in [0.15, 0.2) is 0 Å². The molecule has 106 valence electrons. The van der Waals surface area contributed by atoms with E-state index in [-0.39, 0.29) is 18.5 Å². The fraction of sp³-hybridized carbons (Fsp3) is 1.00. The van der Waals surface area contributed by atoms with Crippen molar-refractivity contribution in [3.05, 3.63) is 0 Å². The standard InChI is InChI=1S/C13H25NO4/c1-16-9-7-14(6-8-15)10-12-11-17-13(18-12)4-2-3-5-13/h12,15H,2-11H2,1H3. The molecule has 0 aromatic carbocycles. The Hall–Kier alpha value is -0.200. The highest BCUT2D eigenvalue weighted by molar-refractivity contribution is 4.85. The highest BCUT2D eigenvalue weighted by Crippen LogP contribution is 2.39. The van der Waals surface area contributed by atoms with Crippen molar-refractivity contribution in [2.45, 2.75) is 37.6 Å². The topological polar surface area (TPSA) is 51.2 Å². The van der Waals surface area contributed by atoms with Crippen LogP contribution in [0.2, 0.25) is 0 Å². The van der Waals surface area contributed by atoms with Gasteiger partial charge in [0.05, 0.1) is 25.9 Å². The van der Waals surface area contributed by atoms with Gasteiger partial charge in [0.25, 0.3) is 0 Å². The normalized spacial score (nSPS) is 26.5. The van der Waals surface area contributed by atoms with Crippen LogP contribution in [0.25, 0.3) is 0 Å². The molecule has 5 heteroatoms. The van der Waals surface area contributed by atoms with Gasteiger partial charge in [-0.3, -0.25) is 4.90 Å². The van der Waals surface area contributed by atoms with Crippen molar-refractivity contribution in [3.8, 4) is 0 Å². The number of nitrogens with zero attached hydrogens (tertiary/aromatic N) is 1. The van der Waals surface area contributed by atoms with E-state index in [1.807, 2.05) is 0 Å². The minimum Gasteiger partial charge on any atom is -0.395 e. The van der Waals surface area contributed by atoms with Gasteiger partial charge in [-0.05, 0) is 12.8 Å². The number of hydrogen-bond acceptors (Lipinski definition) is 5. The first-order chi connectivity index (χ1) is 8.78. The zero-order valence-electron chi connectivity index (χ0n) is 11.3. The van der Waals surface area contributed by atoms with Crippen LogP contribution in [0.3, 0.4) is 0 Å². The number of methoxy groups -OCH3 is 1. The van der Waals surface area contributed by atoms with E-state index in [1.54, 1.807) is 7.11 Å². The van der Waals surface area contributed by atoms with E-state index in [0.29, 0.717) is 19.8 Å². The van der Waals surface area contributed by atoms with Gasteiger partial charge in [-0.25, -0.2) is 0 Å². The molecule has 0 radical (unpaired) electrons. The molecule has 18 heavy (non-hydrogen) atoms. The molecule has 1 aliphatic carbocycles. The molecule has 2 rings (SSSR count). The summed E-state index contributed by atoms with van der Waals surface area (Å²) in [5, 5.41) is 9.06. The Morgan fingerprint density at radius 1 is 1.33 bits per heavy atom. The van der Waals surface area contributed by atoms with Gasteiger partial charge in [-0.2, -0.15) is 0 Å². The molecule has 2 fully saturated rings. The van der Waals surface area contributed by atoms with Gasteiger partial charge in [0.15, 0.2) is 5.79 Å². The monoisotopic (exact) mass is 259 g/mol. The van der Waals surface area contributed by atoms with Crippen molar-refractivity contribution < 1.29 is 19.3 Å². The van der Waals surface area contributed by atoms with Crippen molar-refractivity contribution >= 4 is 0 Å². The van der Waals surface area contributed by atoms with Crippen LogP contribution in [0.4, 0.5) is 0 Å². The summed E-state index contributed by atoms with van der Waals surface area (Å²) in [5.41, 5.74) is 0. The maximum atomic E-state index is 9.06. The average Bonchev–Trinajstić information content (AvgIpc) is 2.98. The Balaban J connectivity index is 1.77. The summed E-state index contributed by atoms with van der Waals surface area (Å²) < 4.78 is 17.0. The third kappa shape index (κ3) is 3.65. The third-order valence-electron chi connectivity index (χ3n) is 3.77. The van der Waals surface area contributed by atoms with Gasteiger partial charge < -0.3 is 19.3 Å². The number of aliphatic hydroxyl groups is 1. The zero-order valence-corrected chi connectivity index (χ0v) is 11.3. The molecule has 1 saturated carbocycles. The van der Waals surface area contributed by atoms with Crippen LogP contribution in [0.1, 0.15) is 25.7 Å². The summed E-state index contributed by atoms with van der Waals surface area (Å²) in [6.07, 6.45) is 4.60. The van der Waals surface area contributed by atoms with Gasteiger partial charge >= 0.3 is 0 Å². The van der Waals surface area contributed by atoms with Crippen molar-refractivity contribution in [1.82, 2.24) is 4.90 Å². The lowest BCUT2D eigenvalue weighted by atomic mass is 10.2. The average molecular weight is 259 g/mol. The van der Waals surface area contributed by atoms with Gasteiger partial charge in [-0.15, -0.1) is 0 Å². The summed E-state index contributed by atoms with van der Waals surface area (Å²) in [5.74, 6) is -0.281.